The summed E-state index contributed by atoms with van der Waals surface area (Å²) >= 11 is 0. The average molecular weight is 265 g/mol. The van der Waals surface area contributed by atoms with Crippen LogP contribution in [0.5, 0.6) is 0 Å². The van der Waals surface area contributed by atoms with Crippen LogP contribution in [-0.4, -0.2) is 11.4 Å². The van der Waals surface area contributed by atoms with Gasteiger partial charge in [-0.15, -0.1) is 0 Å². The van der Waals surface area contributed by atoms with E-state index >= 15 is 0 Å². The Kier molecular flexibility index (Phi) is 3.88. The molecule has 0 saturated carbocycles. The van der Waals surface area contributed by atoms with Gasteiger partial charge >= 0.3 is 0 Å². The molecule has 0 unspecified atom stereocenters. The molecule has 1 fully saturated rings. The van der Waals surface area contributed by atoms with E-state index in [9.17, 15) is 0 Å². The number of hydrogen-bond acceptors (Lipinski definition) is 1. The van der Waals surface area contributed by atoms with Crippen LogP contribution in [0, 0.1) is 13.8 Å². The summed E-state index contributed by atoms with van der Waals surface area (Å²) in [7, 11) is 0. The van der Waals surface area contributed by atoms with Gasteiger partial charge in [0.2, 0.25) is 0 Å². The molecule has 1 nitrogen and oxygen atoms in total. The summed E-state index contributed by atoms with van der Waals surface area (Å²) in [5.74, 6) is 0. The second-order valence-corrected chi connectivity index (χ2v) is 6.03. The van der Waals surface area contributed by atoms with Crippen molar-refractivity contribution in [1.29, 1.82) is 0 Å². The van der Waals surface area contributed by atoms with Crippen molar-refractivity contribution in [2.45, 2.75) is 39.3 Å². The van der Waals surface area contributed by atoms with Crippen LogP contribution in [0.25, 0.3) is 0 Å². The van der Waals surface area contributed by atoms with Crippen LogP contribution in [-0.2, 0) is 6.54 Å². The first kappa shape index (κ1) is 13.4. The van der Waals surface area contributed by atoms with Crippen molar-refractivity contribution in [2.24, 2.45) is 0 Å². The fourth-order valence-corrected chi connectivity index (χ4v) is 3.20. The van der Waals surface area contributed by atoms with E-state index in [1.165, 1.54) is 41.6 Å². The summed E-state index contributed by atoms with van der Waals surface area (Å²) < 4.78 is 0. The van der Waals surface area contributed by atoms with E-state index < -0.39 is 0 Å². The van der Waals surface area contributed by atoms with Crippen molar-refractivity contribution in [3.05, 3.63) is 70.8 Å². The van der Waals surface area contributed by atoms with E-state index in [1.807, 2.05) is 0 Å². The SMILES string of the molecule is Cc1ccc(CN2CCC[C@H]2c2cccc(C)c2)cc1. The molecule has 0 amide bonds. The molecular formula is C19H23N. The van der Waals surface area contributed by atoms with E-state index in [2.05, 4.69) is 67.3 Å². The zero-order valence-electron chi connectivity index (χ0n) is 12.5. The fourth-order valence-electron chi connectivity index (χ4n) is 3.20. The topological polar surface area (TPSA) is 3.24 Å². The van der Waals surface area contributed by atoms with E-state index in [0.717, 1.165) is 6.54 Å². The normalized spacial score (nSPS) is 19.4. The molecule has 1 aliphatic rings. The van der Waals surface area contributed by atoms with E-state index in [1.54, 1.807) is 0 Å². The standard InChI is InChI=1S/C19H23N/c1-15-8-10-17(11-9-15)14-20-12-4-7-19(20)18-6-3-5-16(2)13-18/h3,5-6,8-11,13,19H,4,7,12,14H2,1-2H3/t19-/m0/s1. The van der Waals surface area contributed by atoms with Crippen LogP contribution in [0.15, 0.2) is 48.5 Å². The third kappa shape index (κ3) is 2.94. The Bertz CT molecular complexity index is 571. The predicted molar refractivity (Wildman–Crippen MR) is 84.7 cm³/mol. The van der Waals surface area contributed by atoms with Crippen LogP contribution in [0.2, 0.25) is 0 Å². The van der Waals surface area contributed by atoms with Gasteiger partial charge in [-0.25, -0.2) is 0 Å². The quantitative estimate of drug-likeness (QED) is 0.781. The number of likely N-dealkylation sites (tertiary alicyclic amines) is 1. The average Bonchev–Trinajstić information content (AvgIpc) is 2.89. The molecule has 0 aromatic heterocycles. The van der Waals surface area contributed by atoms with Gasteiger partial charge in [0.25, 0.3) is 0 Å². The number of rotatable bonds is 3. The molecule has 1 aliphatic heterocycles. The summed E-state index contributed by atoms with van der Waals surface area (Å²) in [6.45, 7) is 6.61. The van der Waals surface area contributed by atoms with Gasteiger partial charge in [0.15, 0.2) is 0 Å². The van der Waals surface area contributed by atoms with Crippen LogP contribution in [0.3, 0.4) is 0 Å². The Morgan fingerprint density at radius 2 is 1.80 bits per heavy atom. The van der Waals surface area contributed by atoms with Crippen molar-refractivity contribution in [3.63, 3.8) is 0 Å². The second kappa shape index (κ2) is 5.80. The monoisotopic (exact) mass is 265 g/mol. The van der Waals surface area contributed by atoms with Gasteiger partial charge in [0.05, 0.1) is 0 Å². The van der Waals surface area contributed by atoms with Crippen molar-refractivity contribution >= 4 is 0 Å². The van der Waals surface area contributed by atoms with Crippen molar-refractivity contribution in [1.82, 2.24) is 4.90 Å². The molecule has 2 aromatic rings. The van der Waals surface area contributed by atoms with Crippen LogP contribution < -0.4 is 0 Å². The third-order valence-corrected chi connectivity index (χ3v) is 4.30. The number of benzene rings is 2. The highest BCUT2D eigenvalue weighted by Gasteiger charge is 2.25. The minimum Gasteiger partial charge on any atom is -0.292 e. The molecule has 2 aromatic carbocycles. The summed E-state index contributed by atoms with van der Waals surface area (Å²) in [6.07, 6.45) is 2.60. The molecule has 104 valence electrons. The maximum absolute atomic E-state index is 2.62. The second-order valence-electron chi connectivity index (χ2n) is 6.03. The Balaban J connectivity index is 1.77. The molecule has 0 spiro atoms. The molecule has 1 heteroatoms. The van der Waals surface area contributed by atoms with E-state index in [-0.39, 0.29) is 0 Å². The van der Waals surface area contributed by atoms with Crippen molar-refractivity contribution in [2.75, 3.05) is 6.54 Å². The van der Waals surface area contributed by atoms with Crippen LogP contribution in [0.1, 0.15) is 41.1 Å². The lowest BCUT2D eigenvalue weighted by Crippen LogP contribution is -2.22. The van der Waals surface area contributed by atoms with Crippen LogP contribution >= 0.6 is 0 Å². The van der Waals surface area contributed by atoms with Gasteiger partial charge in [-0.05, 0) is 44.4 Å². The van der Waals surface area contributed by atoms with Gasteiger partial charge in [-0.2, -0.15) is 0 Å². The molecule has 0 N–H and O–H groups in total. The van der Waals surface area contributed by atoms with Gasteiger partial charge < -0.3 is 0 Å². The molecule has 0 bridgehead atoms. The van der Waals surface area contributed by atoms with Gasteiger partial charge in [0, 0.05) is 12.6 Å². The molecule has 3 rings (SSSR count). The summed E-state index contributed by atoms with van der Waals surface area (Å²) in [6, 6.07) is 18.6. The van der Waals surface area contributed by atoms with E-state index in [0.29, 0.717) is 6.04 Å². The smallest absolute Gasteiger partial charge is 0.0352 e. The Morgan fingerprint density at radius 3 is 2.55 bits per heavy atom. The number of hydrogen-bond donors (Lipinski definition) is 0. The summed E-state index contributed by atoms with van der Waals surface area (Å²) in [5.41, 5.74) is 5.61. The summed E-state index contributed by atoms with van der Waals surface area (Å²) in [5, 5.41) is 0. The third-order valence-electron chi connectivity index (χ3n) is 4.30. The van der Waals surface area contributed by atoms with Gasteiger partial charge in [-0.1, -0.05) is 59.7 Å². The first-order valence-electron chi connectivity index (χ1n) is 7.58. The van der Waals surface area contributed by atoms with Crippen molar-refractivity contribution in [3.8, 4) is 0 Å². The lowest BCUT2D eigenvalue weighted by Gasteiger charge is -2.25. The first-order valence-corrected chi connectivity index (χ1v) is 7.58. The molecule has 20 heavy (non-hydrogen) atoms. The molecular weight excluding hydrogens is 242 g/mol. The zero-order valence-corrected chi connectivity index (χ0v) is 12.5. The van der Waals surface area contributed by atoms with Gasteiger partial charge in [-0.3, -0.25) is 4.90 Å². The Morgan fingerprint density at radius 1 is 1.00 bits per heavy atom. The fraction of sp³-hybridized carbons (Fsp3) is 0.368. The Hall–Kier alpha value is -1.60. The minimum absolute atomic E-state index is 0.594. The first-order chi connectivity index (χ1) is 9.72. The van der Waals surface area contributed by atoms with Gasteiger partial charge in [0.1, 0.15) is 0 Å². The molecule has 0 radical (unpaired) electrons. The zero-order chi connectivity index (χ0) is 13.9. The molecule has 0 aliphatic carbocycles. The highest BCUT2D eigenvalue weighted by Crippen LogP contribution is 2.33. The lowest BCUT2D eigenvalue weighted by atomic mass is 10.0. The maximum Gasteiger partial charge on any atom is 0.0352 e. The summed E-state index contributed by atoms with van der Waals surface area (Å²) in [4.78, 5) is 2.62. The van der Waals surface area contributed by atoms with Crippen molar-refractivity contribution < 1.29 is 0 Å². The lowest BCUT2D eigenvalue weighted by molar-refractivity contribution is 0.248. The largest absolute Gasteiger partial charge is 0.292 e. The van der Waals surface area contributed by atoms with Crippen LogP contribution in [0.4, 0.5) is 0 Å². The number of aryl methyl sites for hydroxylation is 2. The minimum atomic E-state index is 0.594. The Labute approximate surface area is 122 Å². The molecule has 1 heterocycles. The highest BCUT2D eigenvalue weighted by atomic mass is 15.2. The number of nitrogens with zero attached hydrogens (tertiary/aromatic N) is 1. The molecule has 1 saturated heterocycles. The van der Waals surface area contributed by atoms with E-state index in [4.69, 9.17) is 0 Å². The highest BCUT2D eigenvalue weighted by molar-refractivity contribution is 5.27. The maximum atomic E-state index is 2.62. The molecule has 1 atom stereocenters. The predicted octanol–water partition coefficient (Wildman–Crippen LogP) is 4.64.